The highest BCUT2D eigenvalue weighted by molar-refractivity contribution is 4.53. The predicted molar refractivity (Wildman–Crippen MR) is 57.5 cm³/mol. The highest BCUT2D eigenvalue weighted by atomic mass is 16.5. The van der Waals surface area contributed by atoms with Crippen LogP contribution >= 0.6 is 0 Å². The maximum absolute atomic E-state index is 8.98. The lowest BCUT2D eigenvalue weighted by molar-refractivity contribution is -0.0433. The predicted octanol–water partition coefficient (Wildman–Crippen LogP) is 1.98. The van der Waals surface area contributed by atoms with Crippen LogP contribution in [0.4, 0.5) is 0 Å². The van der Waals surface area contributed by atoms with E-state index in [2.05, 4.69) is 13.8 Å². The van der Waals surface area contributed by atoms with Crippen molar-refractivity contribution in [1.29, 1.82) is 0 Å². The van der Waals surface area contributed by atoms with Gasteiger partial charge in [0, 0.05) is 13.2 Å². The van der Waals surface area contributed by atoms with Crippen LogP contribution in [0.5, 0.6) is 0 Å². The highest BCUT2D eigenvalue weighted by Crippen LogP contribution is 1.97. The molecule has 0 radical (unpaired) electrons. The van der Waals surface area contributed by atoms with Crippen molar-refractivity contribution in [2.75, 3.05) is 26.4 Å². The zero-order chi connectivity index (χ0) is 10.6. The molecule has 0 aliphatic rings. The second-order valence-corrected chi connectivity index (χ2v) is 3.46. The molecule has 0 aromatic heterocycles. The smallest absolute Gasteiger partial charge is 0.104 e. The lowest BCUT2D eigenvalue weighted by Gasteiger charge is -2.15. The van der Waals surface area contributed by atoms with Gasteiger partial charge in [0.2, 0.25) is 0 Å². The molecular formula is C11H24O3. The fourth-order valence-corrected chi connectivity index (χ4v) is 1.01. The van der Waals surface area contributed by atoms with Crippen molar-refractivity contribution < 1.29 is 14.6 Å². The van der Waals surface area contributed by atoms with Crippen LogP contribution in [0.1, 0.15) is 39.5 Å². The van der Waals surface area contributed by atoms with Crippen LogP contribution in [0.2, 0.25) is 0 Å². The molecule has 3 heteroatoms. The Bertz CT molecular complexity index is 107. The lowest BCUT2D eigenvalue weighted by Crippen LogP contribution is -2.24. The second kappa shape index (κ2) is 11.0. The van der Waals surface area contributed by atoms with Crippen LogP contribution in [-0.2, 0) is 9.47 Å². The first-order valence-electron chi connectivity index (χ1n) is 5.65. The molecule has 0 aliphatic heterocycles. The molecular weight excluding hydrogens is 180 g/mol. The van der Waals surface area contributed by atoms with Gasteiger partial charge in [-0.3, -0.25) is 0 Å². The summed E-state index contributed by atoms with van der Waals surface area (Å²) in [5, 5.41) is 8.98. The Labute approximate surface area is 87.4 Å². The van der Waals surface area contributed by atoms with E-state index < -0.39 is 0 Å². The van der Waals surface area contributed by atoms with Crippen molar-refractivity contribution in [1.82, 2.24) is 0 Å². The van der Waals surface area contributed by atoms with Gasteiger partial charge in [0.1, 0.15) is 6.10 Å². The molecule has 0 amide bonds. The van der Waals surface area contributed by atoms with Crippen molar-refractivity contribution in [3.63, 3.8) is 0 Å². The van der Waals surface area contributed by atoms with Gasteiger partial charge in [-0.25, -0.2) is 0 Å². The average molecular weight is 204 g/mol. The molecule has 0 spiro atoms. The number of hydrogen-bond acceptors (Lipinski definition) is 3. The Morgan fingerprint density at radius 1 is 1.07 bits per heavy atom. The first kappa shape index (κ1) is 13.9. The first-order chi connectivity index (χ1) is 6.85. The second-order valence-electron chi connectivity index (χ2n) is 3.46. The number of rotatable bonds is 10. The van der Waals surface area contributed by atoms with Gasteiger partial charge >= 0.3 is 0 Å². The molecule has 1 atom stereocenters. The molecule has 0 saturated heterocycles. The van der Waals surface area contributed by atoms with E-state index in [1.807, 2.05) is 0 Å². The van der Waals surface area contributed by atoms with Crippen molar-refractivity contribution in [2.24, 2.45) is 0 Å². The molecule has 0 heterocycles. The van der Waals surface area contributed by atoms with Gasteiger partial charge in [0.15, 0.2) is 0 Å². The van der Waals surface area contributed by atoms with Crippen LogP contribution in [-0.4, -0.2) is 37.6 Å². The van der Waals surface area contributed by atoms with Crippen molar-refractivity contribution >= 4 is 0 Å². The first-order valence-corrected chi connectivity index (χ1v) is 5.65. The molecule has 0 aromatic rings. The molecule has 0 fully saturated rings. The molecule has 0 rings (SSSR count). The standard InChI is InChI=1S/C11H24O3/c1-3-5-7-13-10-11(9-12)14-8-6-4-2/h11-12H,3-10H2,1-2H3. The monoisotopic (exact) mass is 204 g/mol. The zero-order valence-electron chi connectivity index (χ0n) is 9.50. The van der Waals surface area contributed by atoms with Crippen LogP contribution < -0.4 is 0 Å². The lowest BCUT2D eigenvalue weighted by atomic mass is 10.3. The van der Waals surface area contributed by atoms with Crippen LogP contribution in [0.15, 0.2) is 0 Å². The number of hydrogen-bond donors (Lipinski definition) is 1. The normalized spacial score (nSPS) is 13.1. The summed E-state index contributed by atoms with van der Waals surface area (Å²) < 4.78 is 10.8. The van der Waals surface area contributed by atoms with E-state index in [4.69, 9.17) is 14.6 Å². The third-order valence-electron chi connectivity index (χ3n) is 2.00. The summed E-state index contributed by atoms with van der Waals surface area (Å²) in [5.41, 5.74) is 0. The summed E-state index contributed by atoms with van der Waals surface area (Å²) in [6, 6.07) is 0. The SMILES string of the molecule is CCCCOCC(CO)OCCCC. The molecule has 0 aromatic carbocycles. The van der Waals surface area contributed by atoms with Gasteiger partial charge in [-0.2, -0.15) is 0 Å². The summed E-state index contributed by atoms with van der Waals surface area (Å²) in [6.07, 6.45) is 4.24. The van der Waals surface area contributed by atoms with E-state index in [-0.39, 0.29) is 12.7 Å². The van der Waals surface area contributed by atoms with Crippen molar-refractivity contribution in [2.45, 2.75) is 45.6 Å². The minimum atomic E-state index is -0.140. The quantitative estimate of drug-likeness (QED) is 0.553. The number of unbranched alkanes of at least 4 members (excludes halogenated alkanes) is 2. The Hall–Kier alpha value is -0.120. The van der Waals surface area contributed by atoms with Gasteiger partial charge in [-0.1, -0.05) is 26.7 Å². The zero-order valence-corrected chi connectivity index (χ0v) is 9.50. The van der Waals surface area contributed by atoms with Gasteiger partial charge < -0.3 is 14.6 Å². The molecule has 0 bridgehead atoms. The largest absolute Gasteiger partial charge is 0.394 e. The van der Waals surface area contributed by atoms with E-state index in [1.165, 1.54) is 0 Å². The van der Waals surface area contributed by atoms with Gasteiger partial charge in [0.05, 0.1) is 13.2 Å². The van der Waals surface area contributed by atoms with E-state index >= 15 is 0 Å². The van der Waals surface area contributed by atoms with Crippen LogP contribution in [0.25, 0.3) is 0 Å². The maximum atomic E-state index is 8.98. The molecule has 0 saturated carbocycles. The Balaban J connectivity index is 3.28. The third kappa shape index (κ3) is 8.48. The van der Waals surface area contributed by atoms with Crippen LogP contribution in [0, 0.1) is 0 Å². The number of aliphatic hydroxyl groups excluding tert-OH is 1. The van der Waals surface area contributed by atoms with E-state index in [0.717, 1.165) is 38.9 Å². The molecule has 14 heavy (non-hydrogen) atoms. The number of aliphatic hydroxyl groups is 1. The van der Waals surface area contributed by atoms with Crippen LogP contribution in [0.3, 0.4) is 0 Å². The maximum Gasteiger partial charge on any atom is 0.104 e. The topological polar surface area (TPSA) is 38.7 Å². The van der Waals surface area contributed by atoms with E-state index in [1.54, 1.807) is 0 Å². The summed E-state index contributed by atoms with van der Waals surface area (Å²) in [6.45, 7) is 6.30. The van der Waals surface area contributed by atoms with Gasteiger partial charge in [0.25, 0.3) is 0 Å². The fraction of sp³-hybridized carbons (Fsp3) is 1.00. The Morgan fingerprint density at radius 3 is 2.29 bits per heavy atom. The molecule has 1 N–H and O–H groups in total. The molecule has 0 aliphatic carbocycles. The van der Waals surface area contributed by atoms with E-state index in [0.29, 0.717) is 6.61 Å². The van der Waals surface area contributed by atoms with E-state index in [9.17, 15) is 0 Å². The summed E-state index contributed by atoms with van der Waals surface area (Å²) in [7, 11) is 0. The summed E-state index contributed by atoms with van der Waals surface area (Å²) in [4.78, 5) is 0. The number of ether oxygens (including phenoxy) is 2. The van der Waals surface area contributed by atoms with Gasteiger partial charge in [-0.05, 0) is 12.8 Å². The minimum absolute atomic E-state index is 0.0514. The summed E-state index contributed by atoms with van der Waals surface area (Å²) >= 11 is 0. The Morgan fingerprint density at radius 2 is 1.71 bits per heavy atom. The third-order valence-corrected chi connectivity index (χ3v) is 2.00. The molecule has 1 unspecified atom stereocenters. The highest BCUT2D eigenvalue weighted by Gasteiger charge is 2.06. The summed E-state index contributed by atoms with van der Waals surface area (Å²) in [5.74, 6) is 0. The van der Waals surface area contributed by atoms with Gasteiger partial charge in [-0.15, -0.1) is 0 Å². The molecule has 86 valence electrons. The molecule has 3 nitrogen and oxygen atoms in total. The van der Waals surface area contributed by atoms with Crippen molar-refractivity contribution in [3.8, 4) is 0 Å². The Kier molecular flexibility index (Phi) is 10.9. The minimum Gasteiger partial charge on any atom is -0.394 e. The van der Waals surface area contributed by atoms with Crippen molar-refractivity contribution in [3.05, 3.63) is 0 Å². The fourth-order valence-electron chi connectivity index (χ4n) is 1.01. The average Bonchev–Trinajstić information content (AvgIpc) is 2.22.